The second kappa shape index (κ2) is 4.43. The first kappa shape index (κ1) is 12.3. The van der Waals surface area contributed by atoms with Gasteiger partial charge in [-0.3, -0.25) is 10.1 Å². The van der Waals surface area contributed by atoms with Crippen LogP contribution in [0.1, 0.15) is 0 Å². The zero-order valence-electron chi connectivity index (χ0n) is 9.42. The van der Waals surface area contributed by atoms with Gasteiger partial charge in [0.25, 0.3) is 5.69 Å². The average Bonchev–Trinajstić information content (AvgIpc) is 2.40. The van der Waals surface area contributed by atoms with Crippen LogP contribution in [0.5, 0.6) is 0 Å². The summed E-state index contributed by atoms with van der Waals surface area (Å²) in [7, 11) is -1.42. The van der Waals surface area contributed by atoms with E-state index in [1.54, 1.807) is 18.2 Å². The molecule has 1 N–H and O–H groups in total. The Morgan fingerprint density at radius 3 is 2.74 bits per heavy atom. The minimum Gasteiger partial charge on any atom is -0.353 e. The summed E-state index contributed by atoms with van der Waals surface area (Å²) in [5, 5.41) is 13.9. The van der Waals surface area contributed by atoms with Crippen molar-refractivity contribution < 1.29 is 9.13 Å². The van der Waals surface area contributed by atoms with Crippen LogP contribution in [0.2, 0.25) is 0 Å². The SMILES string of the molecule is O=[N+]([O-])c1ccc2c(c1)S(=O)c1cccc(Br)c1N2. The molecule has 0 fully saturated rings. The van der Waals surface area contributed by atoms with Crippen LogP contribution in [0.3, 0.4) is 0 Å². The number of nitro benzene ring substituents is 1. The topological polar surface area (TPSA) is 72.2 Å². The van der Waals surface area contributed by atoms with Crippen LogP contribution >= 0.6 is 15.9 Å². The molecule has 1 aliphatic rings. The number of rotatable bonds is 1. The Morgan fingerprint density at radius 1 is 1.21 bits per heavy atom. The van der Waals surface area contributed by atoms with Gasteiger partial charge in [-0.05, 0) is 34.1 Å². The Hall–Kier alpha value is -1.73. The minimum absolute atomic E-state index is 0.0626. The first-order chi connectivity index (χ1) is 9.08. The molecule has 0 bridgehead atoms. The van der Waals surface area contributed by atoms with Crippen molar-refractivity contribution in [3.05, 3.63) is 51.0 Å². The molecular weight excluding hydrogens is 332 g/mol. The number of halogens is 1. The van der Waals surface area contributed by atoms with E-state index in [2.05, 4.69) is 21.2 Å². The highest BCUT2D eigenvalue weighted by molar-refractivity contribution is 9.10. The van der Waals surface area contributed by atoms with E-state index in [4.69, 9.17) is 0 Å². The number of nitro groups is 1. The number of benzene rings is 2. The summed E-state index contributed by atoms with van der Waals surface area (Å²) in [6.07, 6.45) is 0. The van der Waals surface area contributed by atoms with Crippen molar-refractivity contribution in [3.8, 4) is 0 Å². The van der Waals surface area contributed by atoms with E-state index in [0.29, 0.717) is 15.5 Å². The quantitative estimate of drug-likeness (QED) is 0.543. The van der Waals surface area contributed by atoms with Crippen molar-refractivity contribution in [3.63, 3.8) is 0 Å². The molecule has 2 aromatic carbocycles. The Kier molecular flexibility index (Phi) is 2.87. The third-order valence-electron chi connectivity index (χ3n) is 2.81. The summed E-state index contributed by atoms with van der Waals surface area (Å²) in [5.41, 5.74) is 1.30. The normalized spacial score (nSPS) is 16.2. The Bertz CT molecular complexity index is 733. The van der Waals surface area contributed by atoms with Crippen molar-refractivity contribution in [2.45, 2.75) is 9.79 Å². The van der Waals surface area contributed by atoms with Gasteiger partial charge in [-0.25, -0.2) is 4.21 Å². The highest BCUT2D eigenvalue weighted by Crippen LogP contribution is 2.41. The van der Waals surface area contributed by atoms with Gasteiger partial charge in [0.1, 0.15) is 0 Å². The molecule has 7 heteroatoms. The molecule has 0 spiro atoms. The molecule has 1 unspecified atom stereocenters. The lowest BCUT2D eigenvalue weighted by Gasteiger charge is -2.21. The molecular formula is C12H7BrN2O3S. The van der Waals surface area contributed by atoms with Crippen LogP contribution < -0.4 is 5.32 Å². The fraction of sp³-hybridized carbons (Fsp3) is 0. The lowest BCUT2D eigenvalue weighted by Crippen LogP contribution is -2.09. The van der Waals surface area contributed by atoms with Gasteiger partial charge in [-0.2, -0.15) is 0 Å². The number of nitrogens with one attached hydrogen (secondary N) is 1. The van der Waals surface area contributed by atoms with Crippen molar-refractivity contribution in [2.75, 3.05) is 5.32 Å². The smallest absolute Gasteiger partial charge is 0.270 e. The third-order valence-corrected chi connectivity index (χ3v) is 4.95. The van der Waals surface area contributed by atoms with Crippen molar-refractivity contribution in [1.82, 2.24) is 0 Å². The second-order valence-electron chi connectivity index (χ2n) is 3.94. The maximum absolute atomic E-state index is 12.5. The van der Waals surface area contributed by atoms with Crippen LogP contribution in [0.15, 0.2) is 50.7 Å². The van der Waals surface area contributed by atoms with Gasteiger partial charge in [0, 0.05) is 16.6 Å². The van der Waals surface area contributed by atoms with Gasteiger partial charge in [0.05, 0.1) is 36.9 Å². The molecule has 1 atom stereocenters. The van der Waals surface area contributed by atoms with Crippen molar-refractivity contribution in [1.29, 1.82) is 0 Å². The molecule has 1 aliphatic heterocycles. The van der Waals surface area contributed by atoms with Crippen molar-refractivity contribution in [2.24, 2.45) is 0 Å². The second-order valence-corrected chi connectivity index (χ2v) is 6.22. The maximum Gasteiger partial charge on any atom is 0.270 e. The third kappa shape index (κ3) is 1.95. The number of para-hydroxylation sites is 1. The van der Waals surface area contributed by atoms with E-state index in [1.165, 1.54) is 12.1 Å². The molecule has 0 saturated heterocycles. The number of fused-ring (bicyclic) bond motifs is 2. The van der Waals surface area contributed by atoms with Crippen molar-refractivity contribution >= 4 is 43.8 Å². The fourth-order valence-electron chi connectivity index (χ4n) is 1.91. The highest BCUT2D eigenvalue weighted by atomic mass is 79.9. The molecule has 96 valence electrons. The Labute approximate surface area is 119 Å². The summed E-state index contributed by atoms with van der Waals surface area (Å²) in [5.74, 6) is 0. The van der Waals surface area contributed by atoms with Gasteiger partial charge in [-0.15, -0.1) is 0 Å². The zero-order chi connectivity index (χ0) is 13.6. The number of hydrogen-bond donors (Lipinski definition) is 1. The molecule has 0 saturated carbocycles. The molecule has 0 aliphatic carbocycles. The largest absolute Gasteiger partial charge is 0.353 e. The molecule has 0 radical (unpaired) electrons. The summed E-state index contributed by atoms with van der Waals surface area (Å²) in [4.78, 5) is 11.3. The molecule has 0 amide bonds. The predicted molar refractivity (Wildman–Crippen MR) is 75.2 cm³/mol. The summed E-state index contributed by atoms with van der Waals surface area (Å²) in [6, 6.07) is 9.69. The van der Waals surface area contributed by atoms with Gasteiger partial charge in [-0.1, -0.05) is 6.07 Å². The van der Waals surface area contributed by atoms with E-state index in [0.717, 1.165) is 10.2 Å². The molecule has 2 aromatic rings. The van der Waals surface area contributed by atoms with Gasteiger partial charge < -0.3 is 5.32 Å². The van der Waals surface area contributed by atoms with Gasteiger partial charge >= 0.3 is 0 Å². The summed E-state index contributed by atoms with van der Waals surface area (Å²) >= 11 is 3.39. The highest BCUT2D eigenvalue weighted by Gasteiger charge is 2.25. The molecule has 19 heavy (non-hydrogen) atoms. The number of hydrogen-bond acceptors (Lipinski definition) is 4. The number of anilines is 2. The van der Waals surface area contributed by atoms with Crippen LogP contribution in [0.4, 0.5) is 17.1 Å². The van der Waals surface area contributed by atoms with E-state index < -0.39 is 15.7 Å². The van der Waals surface area contributed by atoms with E-state index in [1.807, 2.05) is 6.07 Å². The summed E-state index contributed by atoms with van der Waals surface area (Å²) in [6.45, 7) is 0. The number of nitrogens with zero attached hydrogens (tertiary/aromatic N) is 1. The standard InChI is InChI=1S/C12H7BrN2O3S/c13-8-2-1-3-10-12(8)14-9-5-4-7(15(16)17)6-11(9)19(10)18/h1-6,14H. The first-order valence-corrected chi connectivity index (χ1v) is 7.28. The molecule has 1 heterocycles. The van der Waals surface area contributed by atoms with Crippen LogP contribution in [0.25, 0.3) is 0 Å². The number of non-ortho nitro benzene ring substituents is 1. The van der Waals surface area contributed by atoms with E-state index in [9.17, 15) is 14.3 Å². The lowest BCUT2D eigenvalue weighted by atomic mass is 10.2. The van der Waals surface area contributed by atoms with Crippen LogP contribution in [-0.4, -0.2) is 9.13 Å². The molecule has 3 rings (SSSR count). The monoisotopic (exact) mass is 338 g/mol. The summed E-state index contributed by atoms with van der Waals surface area (Å²) < 4.78 is 13.3. The first-order valence-electron chi connectivity index (χ1n) is 5.33. The lowest BCUT2D eigenvalue weighted by molar-refractivity contribution is -0.385. The molecule has 0 aromatic heterocycles. The molecule has 5 nitrogen and oxygen atoms in total. The fourth-order valence-corrected chi connectivity index (χ4v) is 3.84. The Morgan fingerprint density at radius 2 is 2.00 bits per heavy atom. The Balaban J connectivity index is 2.19. The van der Waals surface area contributed by atoms with Gasteiger partial charge in [0.2, 0.25) is 0 Å². The van der Waals surface area contributed by atoms with Gasteiger partial charge in [0.15, 0.2) is 0 Å². The van der Waals surface area contributed by atoms with E-state index >= 15 is 0 Å². The minimum atomic E-state index is -1.42. The average molecular weight is 339 g/mol. The zero-order valence-corrected chi connectivity index (χ0v) is 11.8. The maximum atomic E-state index is 12.5. The van der Waals surface area contributed by atoms with Crippen LogP contribution in [0, 0.1) is 10.1 Å². The van der Waals surface area contributed by atoms with E-state index in [-0.39, 0.29) is 5.69 Å². The van der Waals surface area contributed by atoms with Crippen LogP contribution in [-0.2, 0) is 10.8 Å². The predicted octanol–water partition coefficient (Wildman–Crippen LogP) is 3.58.